The number of hydrogen-bond donors (Lipinski definition) is 3. The predicted octanol–water partition coefficient (Wildman–Crippen LogP) is 0.629. The third kappa shape index (κ3) is 3.09. The molecule has 7 heteroatoms. The van der Waals surface area contributed by atoms with Crippen molar-refractivity contribution in [2.75, 3.05) is 6.54 Å². The molecule has 102 valence electrons. The Morgan fingerprint density at radius 3 is 3.06 bits per heavy atom. The summed E-state index contributed by atoms with van der Waals surface area (Å²) in [4.78, 5) is 6.22. The first kappa shape index (κ1) is 13.5. The van der Waals surface area contributed by atoms with Gasteiger partial charge in [-0.3, -0.25) is 0 Å². The first-order chi connectivity index (χ1) is 8.41. The Morgan fingerprint density at radius 1 is 1.67 bits per heavy atom. The van der Waals surface area contributed by atoms with Crippen LogP contribution in [0.4, 0.5) is 0 Å². The van der Waals surface area contributed by atoms with Crippen LogP contribution in [0.5, 0.6) is 0 Å². The number of hydrogen-bond acceptors (Lipinski definition) is 4. The van der Waals surface area contributed by atoms with Gasteiger partial charge in [-0.15, -0.1) is 0 Å². The van der Waals surface area contributed by atoms with Crippen molar-refractivity contribution in [2.24, 2.45) is 5.92 Å². The van der Waals surface area contributed by atoms with Gasteiger partial charge in [0.1, 0.15) is 0 Å². The lowest BCUT2D eigenvalue weighted by atomic mass is 9.79. The molecule has 3 N–H and O–H groups in total. The van der Waals surface area contributed by atoms with Crippen LogP contribution >= 0.6 is 0 Å². The number of sulfonamides is 1. The molecule has 2 unspecified atom stereocenters. The van der Waals surface area contributed by atoms with E-state index in [1.54, 1.807) is 0 Å². The Balaban J connectivity index is 1.99. The van der Waals surface area contributed by atoms with E-state index in [2.05, 4.69) is 21.6 Å². The number of aliphatic hydroxyl groups is 1. The number of rotatable bonds is 4. The second-order valence-electron chi connectivity index (χ2n) is 5.17. The molecule has 2 rings (SSSR count). The molecule has 0 radical (unpaired) electrons. The Labute approximate surface area is 107 Å². The van der Waals surface area contributed by atoms with Gasteiger partial charge in [0.05, 0.1) is 18.1 Å². The maximum atomic E-state index is 11.9. The lowest BCUT2D eigenvalue weighted by Crippen LogP contribution is -2.45. The molecule has 1 aliphatic carbocycles. The van der Waals surface area contributed by atoms with Crippen molar-refractivity contribution in [3.05, 3.63) is 12.5 Å². The molecule has 0 amide bonds. The van der Waals surface area contributed by atoms with Crippen LogP contribution in [0.3, 0.4) is 0 Å². The van der Waals surface area contributed by atoms with Gasteiger partial charge in [0, 0.05) is 6.54 Å². The predicted molar refractivity (Wildman–Crippen MR) is 66.4 cm³/mol. The molecule has 6 nitrogen and oxygen atoms in total. The minimum Gasteiger partial charge on any atom is -0.389 e. The quantitative estimate of drug-likeness (QED) is 0.750. The van der Waals surface area contributed by atoms with Crippen LogP contribution in [0.1, 0.15) is 32.6 Å². The van der Waals surface area contributed by atoms with Crippen LogP contribution in [-0.2, 0) is 10.0 Å². The first-order valence-corrected chi connectivity index (χ1v) is 7.60. The number of nitrogens with zero attached hydrogens (tertiary/aromatic N) is 1. The van der Waals surface area contributed by atoms with Crippen molar-refractivity contribution < 1.29 is 13.5 Å². The van der Waals surface area contributed by atoms with Gasteiger partial charge in [-0.05, 0) is 18.8 Å². The van der Waals surface area contributed by atoms with Gasteiger partial charge in [-0.2, -0.15) is 0 Å². The Hall–Kier alpha value is -0.920. The Kier molecular flexibility index (Phi) is 3.74. The van der Waals surface area contributed by atoms with Crippen LogP contribution < -0.4 is 4.72 Å². The minimum absolute atomic E-state index is 0.0231. The maximum Gasteiger partial charge on any atom is 0.257 e. The number of nitrogens with one attached hydrogen (secondary N) is 2. The molecule has 0 bridgehead atoms. The van der Waals surface area contributed by atoms with Gasteiger partial charge < -0.3 is 10.1 Å². The van der Waals surface area contributed by atoms with Crippen molar-refractivity contribution in [3.8, 4) is 0 Å². The van der Waals surface area contributed by atoms with Crippen LogP contribution in [0.2, 0.25) is 0 Å². The SMILES string of the molecule is CC1CCCC(O)(CNS(=O)(=O)c2cnc[nH]2)C1. The average molecular weight is 273 g/mol. The molecule has 2 atom stereocenters. The molecule has 0 saturated heterocycles. The standard InChI is InChI=1S/C11H19N3O3S/c1-9-3-2-4-11(15,5-9)7-14-18(16,17)10-6-12-8-13-10/h6,8-9,14-15H,2-5,7H2,1H3,(H,12,13). The summed E-state index contributed by atoms with van der Waals surface area (Å²) in [5.74, 6) is 0.431. The molecular weight excluding hydrogens is 254 g/mol. The van der Waals surface area contributed by atoms with Gasteiger partial charge >= 0.3 is 0 Å². The van der Waals surface area contributed by atoms with Gasteiger partial charge in [0.2, 0.25) is 0 Å². The van der Waals surface area contributed by atoms with Crippen LogP contribution in [0.25, 0.3) is 0 Å². The van der Waals surface area contributed by atoms with E-state index in [0.29, 0.717) is 18.8 Å². The van der Waals surface area contributed by atoms with E-state index in [4.69, 9.17) is 0 Å². The van der Waals surface area contributed by atoms with Gasteiger partial charge in [-0.25, -0.2) is 18.1 Å². The molecule has 18 heavy (non-hydrogen) atoms. The van der Waals surface area contributed by atoms with E-state index in [0.717, 1.165) is 12.8 Å². The fraction of sp³-hybridized carbons (Fsp3) is 0.727. The van der Waals surface area contributed by atoms with Crippen molar-refractivity contribution in [1.82, 2.24) is 14.7 Å². The molecule has 0 spiro atoms. The van der Waals surface area contributed by atoms with Crippen molar-refractivity contribution in [1.29, 1.82) is 0 Å². The molecule has 1 fully saturated rings. The van der Waals surface area contributed by atoms with Gasteiger partial charge in [0.25, 0.3) is 10.0 Å². The lowest BCUT2D eigenvalue weighted by molar-refractivity contribution is -0.00752. The van der Waals surface area contributed by atoms with Crippen LogP contribution in [-0.4, -0.2) is 35.6 Å². The highest BCUT2D eigenvalue weighted by molar-refractivity contribution is 7.89. The van der Waals surface area contributed by atoms with Crippen LogP contribution in [0.15, 0.2) is 17.6 Å². The molecular formula is C11H19N3O3S. The third-order valence-electron chi connectivity index (χ3n) is 3.42. The monoisotopic (exact) mass is 273 g/mol. The highest BCUT2D eigenvalue weighted by atomic mass is 32.2. The van der Waals surface area contributed by atoms with E-state index < -0.39 is 15.6 Å². The second kappa shape index (κ2) is 4.99. The summed E-state index contributed by atoms with van der Waals surface area (Å²) < 4.78 is 26.2. The van der Waals surface area contributed by atoms with E-state index in [1.807, 2.05) is 0 Å². The molecule has 1 saturated carbocycles. The molecule has 1 aromatic rings. The Morgan fingerprint density at radius 2 is 2.44 bits per heavy atom. The summed E-state index contributed by atoms with van der Waals surface area (Å²) in [5.41, 5.74) is -0.926. The first-order valence-electron chi connectivity index (χ1n) is 6.12. The van der Waals surface area contributed by atoms with E-state index in [-0.39, 0.29) is 11.6 Å². The lowest BCUT2D eigenvalue weighted by Gasteiger charge is -2.35. The summed E-state index contributed by atoms with van der Waals surface area (Å²) in [5, 5.41) is 10.4. The third-order valence-corrected chi connectivity index (χ3v) is 4.75. The summed E-state index contributed by atoms with van der Waals surface area (Å²) in [6.07, 6.45) is 5.86. The fourth-order valence-electron chi connectivity index (χ4n) is 2.49. The van der Waals surface area contributed by atoms with Gasteiger partial charge in [-0.1, -0.05) is 19.8 Å². The molecule has 1 aromatic heterocycles. The van der Waals surface area contributed by atoms with Crippen molar-refractivity contribution in [3.63, 3.8) is 0 Å². The minimum atomic E-state index is -3.60. The number of aromatic nitrogens is 2. The summed E-state index contributed by atoms with van der Waals surface area (Å²) in [6.45, 7) is 2.13. The van der Waals surface area contributed by atoms with E-state index in [9.17, 15) is 13.5 Å². The van der Waals surface area contributed by atoms with Gasteiger partial charge in [0.15, 0.2) is 5.03 Å². The van der Waals surface area contributed by atoms with E-state index in [1.165, 1.54) is 12.5 Å². The summed E-state index contributed by atoms with van der Waals surface area (Å²) in [7, 11) is -3.60. The second-order valence-corrected chi connectivity index (χ2v) is 6.90. The van der Waals surface area contributed by atoms with Crippen LogP contribution in [0, 0.1) is 5.92 Å². The molecule has 1 aliphatic rings. The Bertz CT molecular complexity index is 486. The fourth-order valence-corrected chi connectivity index (χ4v) is 3.51. The molecule has 0 aliphatic heterocycles. The number of imidazole rings is 1. The topological polar surface area (TPSA) is 95.1 Å². The number of aromatic amines is 1. The zero-order valence-electron chi connectivity index (χ0n) is 10.4. The largest absolute Gasteiger partial charge is 0.389 e. The number of H-pyrrole nitrogens is 1. The smallest absolute Gasteiger partial charge is 0.257 e. The summed E-state index contributed by atoms with van der Waals surface area (Å²) in [6, 6.07) is 0. The highest BCUT2D eigenvalue weighted by Crippen LogP contribution is 2.31. The average Bonchev–Trinajstić information content (AvgIpc) is 2.80. The molecule has 1 heterocycles. The van der Waals surface area contributed by atoms with Crippen molar-refractivity contribution in [2.45, 2.75) is 43.2 Å². The van der Waals surface area contributed by atoms with E-state index >= 15 is 0 Å². The zero-order valence-corrected chi connectivity index (χ0v) is 11.2. The molecule has 0 aromatic carbocycles. The summed E-state index contributed by atoms with van der Waals surface area (Å²) >= 11 is 0. The van der Waals surface area contributed by atoms with Crippen molar-refractivity contribution >= 4 is 10.0 Å². The zero-order chi connectivity index (χ0) is 13.2. The maximum absolute atomic E-state index is 11.9. The highest BCUT2D eigenvalue weighted by Gasteiger charge is 2.34. The normalized spacial score (nSPS) is 29.3.